The van der Waals surface area contributed by atoms with E-state index in [1.54, 1.807) is 13.8 Å². The number of hydrogen-bond acceptors (Lipinski definition) is 6. The number of aromatic nitrogens is 2. The molecule has 0 aromatic carbocycles. The number of thiazole rings is 1. The van der Waals surface area contributed by atoms with E-state index in [1.165, 1.54) is 6.20 Å². The van der Waals surface area contributed by atoms with Gasteiger partial charge in [-0.15, -0.1) is 15.7 Å². The molecule has 0 aliphatic heterocycles. The highest BCUT2D eigenvalue weighted by Crippen LogP contribution is 2.41. The van der Waals surface area contributed by atoms with E-state index in [0.29, 0.717) is 10.8 Å². The van der Waals surface area contributed by atoms with Gasteiger partial charge in [0.15, 0.2) is 9.92 Å². The first-order valence-corrected chi connectivity index (χ1v) is 12.0. The number of rotatable bonds is 3. The Morgan fingerprint density at radius 3 is 2.83 bits per heavy atom. The van der Waals surface area contributed by atoms with Crippen LogP contribution in [0.3, 0.4) is 0 Å². The van der Waals surface area contributed by atoms with Crippen molar-refractivity contribution in [1.29, 1.82) is 0 Å². The zero-order valence-corrected chi connectivity index (χ0v) is 18.3. The van der Waals surface area contributed by atoms with Crippen LogP contribution in [-0.2, 0) is 34.8 Å². The molecule has 2 aromatic heterocycles. The molecule has 0 spiro atoms. The summed E-state index contributed by atoms with van der Waals surface area (Å²) in [6.07, 6.45) is 6.03. The number of amides is 2. The smallest absolute Gasteiger partial charge is 0.354 e. The fourth-order valence-electron chi connectivity index (χ4n) is 3.92. The number of nitrogens with one attached hydrogen (secondary N) is 1. The third-order valence-electron chi connectivity index (χ3n) is 5.44. The topological polar surface area (TPSA) is 131 Å². The van der Waals surface area contributed by atoms with Crippen molar-refractivity contribution in [2.45, 2.75) is 68.7 Å². The molecule has 0 fully saturated rings. The summed E-state index contributed by atoms with van der Waals surface area (Å²) < 4.78 is 16.6. The first-order valence-electron chi connectivity index (χ1n) is 9.65. The highest BCUT2D eigenvalue weighted by Gasteiger charge is 2.30. The molecule has 4 rings (SSSR count). The van der Waals surface area contributed by atoms with Crippen LogP contribution in [0.15, 0.2) is 14.9 Å². The Labute approximate surface area is 174 Å². The van der Waals surface area contributed by atoms with Crippen molar-refractivity contribution >= 4 is 33.0 Å². The van der Waals surface area contributed by atoms with E-state index in [9.17, 15) is 14.1 Å². The Hall–Kier alpha value is -1.88. The van der Waals surface area contributed by atoms with Crippen molar-refractivity contribution in [2.24, 2.45) is 9.50 Å². The summed E-state index contributed by atoms with van der Waals surface area (Å²) in [6.45, 7) is 5.33. The molecular formula is C19H25N5O3S2. The zero-order chi connectivity index (χ0) is 21.0. The van der Waals surface area contributed by atoms with Crippen LogP contribution in [0.2, 0.25) is 0 Å². The Balaban J connectivity index is 1.66. The molecule has 0 radical (unpaired) electrons. The first kappa shape index (κ1) is 20.4. The molecule has 2 atom stereocenters. The Kier molecular flexibility index (Phi) is 5.01. The minimum atomic E-state index is -3.51. The lowest BCUT2D eigenvalue weighted by Crippen LogP contribution is -2.19. The van der Waals surface area contributed by atoms with Crippen LogP contribution in [0.25, 0.3) is 0 Å². The van der Waals surface area contributed by atoms with Gasteiger partial charge in [-0.25, -0.2) is 19.1 Å². The third kappa shape index (κ3) is 3.81. The van der Waals surface area contributed by atoms with Crippen molar-refractivity contribution in [1.82, 2.24) is 9.97 Å². The number of carbonyl (C=O) groups is 1. The lowest BCUT2D eigenvalue weighted by molar-refractivity contribution is 0.0823. The molecular weight excluding hydrogens is 410 g/mol. The standard InChI is InChI=1S/C19H25N5O3S2/c1-10-7-8-12-15(10)22-13-6-4-5-11(13)16(12)23-17(25)24-29(20,27)18-21-9-14(28-18)19(2,3)26/h9-10,26H,4-8H2,1-3H3,(H3,20,22,23,24,25,27)/t10-,29+/m0/s1. The van der Waals surface area contributed by atoms with Crippen molar-refractivity contribution in [3.05, 3.63) is 33.6 Å². The number of urea groups is 1. The third-order valence-corrected chi connectivity index (χ3v) is 8.55. The van der Waals surface area contributed by atoms with Gasteiger partial charge in [-0.1, -0.05) is 6.92 Å². The van der Waals surface area contributed by atoms with Crippen molar-refractivity contribution in [3.8, 4) is 0 Å². The molecule has 0 bridgehead atoms. The second kappa shape index (κ2) is 7.12. The number of hydrogen-bond donors (Lipinski definition) is 3. The highest BCUT2D eigenvalue weighted by atomic mass is 32.2. The number of anilines is 1. The number of carbonyl (C=O) groups excluding carboxylic acids is 1. The van der Waals surface area contributed by atoms with Crippen LogP contribution in [0.5, 0.6) is 0 Å². The van der Waals surface area contributed by atoms with Crippen molar-refractivity contribution < 1.29 is 14.1 Å². The minimum absolute atomic E-state index is 0.0172. The molecule has 2 heterocycles. The number of aryl methyl sites for hydroxylation is 1. The number of pyridine rings is 1. The van der Waals surface area contributed by atoms with Crippen LogP contribution in [0.1, 0.15) is 66.9 Å². The molecule has 2 aliphatic rings. The van der Waals surface area contributed by atoms with E-state index >= 15 is 0 Å². The Bertz CT molecular complexity index is 1110. The maximum atomic E-state index is 12.9. The molecule has 2 aromatic rings. The van der Waals surface area contributed by atoms with Crippen LogP contribution >= 0.6 is 11.3 Å². The Morgan fingerprint density at radius 1 is 1.38 bits per heavy atom. The molecule has 0 saturated carbocycles. The molecule has 156 valence electrons. The van der Waals surface area contributed by atoms with Crippen LogP contribution in [-0.4, -0.2) is 25.3 Å². The lowest BCUT2D eigenvalue weighted by atomic mass is 10.0. The average Bonchev–Trinajstić information content (AvgIpc) is 3.33. The second-order valence-corrected chi connectivity index (χ2v) is 11.2. The SMILES string of the molecule is C[C@H]1CCc2c1nc1c(c2NC(=O)N=[S@@](N)(=O)c2ncc(C(C)(C)O)s2)CCC1. The summed E-state index contributed by atoms with van der Waals surface area (Å²) in [7, 11) is -3.51. The summed E-state index contributed by atoms with van der Waals surface area (Å²) in [6, 6.07) is -0.750. The van der Waals surface area contributed by atoms with E-state index in [2.05, 4.69) is 21.6 Å². The maximum Gasteiger partial charge on any atom is 0.354 e. The zero-order valence-electron chi connectivity index (χ0n) is 16.7. The first-order chi connectivity index (χ1) is 13.6. The summed E-state index contributed by atoms with van der Waals surface area (Å²) in [4.78, 5) is 22.0. The molecule has 4 N–H and O–H groups in total. The molecule has 2 amide bonds. The van der Waals surface area contributed by atoms with Crippen molar-refractivity contribution in [2.75, 3.05) is 5.32 Å². The number of nitrogens with zero attached hydrogens (tertiary/aromatic N) is 3. The summed E-state index contributed by atoms with van der Waals surface area (Å²) >= 11 is 0.990. The molecule has 10 heteroatoms. The Morgan fingerprint density at radius 2 is 2.14 bits per heavy atom. The monoisotopic (exact) mass is 435 g/mol. The number of nitrogens with two attached hydrogens (primary N) is 1. The predicted octanol–water partition coefficient (Wildman–Crippen LogP) is 3.24. The normalized spacial score (nSPS) is 20.1. The molecule has 8 nitrogen and oxygen atoms in total. The van der Waals surface area contributed by atoms with E-state index in [0.717, 1.165) is 71.6 Å². The summed E-state index contributed by atoms with van der Waals surface area (Å²) in [5, 5.41) is 18.8. The second-order valence-electron chi connectivity index (χ2n) is 8.21. The predicted molar refractivity (Wildman–Crippen MR) is 112 cm³/mol. The van der Waals surface area contributed by atoms with E-state index in [-0.39, 0.29) is 4.34 Å². The van der Waals surface area contributed by atoms with Gasteiger partial charge in [-0.2, -0.15) is 0 Å². The molecule has 2 aliphatic carbocycles. The van der Waals surface area contributed by atoms with Crippen molar-refractivity contribution in [3.63, 3.8) is 0 Å². The van der Waals surface area contributed by atoms with Crippen LogP contribution in [0.4, 0.5) is 10.5 Å². The van der Waals surface area contributed by atoms with Gasteiger partial charge in [-0.3, -0.25) is 4.98 Å². The van der Waals surface area contributed by atoms with E-state index < -0.39 is 21.5 Å². The van der Waals surface area contributed by atoms with Gasteiger partial charge in [0.1, 0.15) is 0 Å². The summed E-state index contributed by atoms with van der Waals surface area (Å²) in [5.41, 5.74) is 3.84. The highest BCUT2D eigenvalue weighted by molar-refractivity contribution is 7.93. The van der Waals surface area contributed by atoms with Gasteiger partial charge in [0.05, 0.1) is 16.2 Å². The van der Waals surface area contributed by atoms with Crippen LogP contribution < -0.4 is 10.5 Å². The van der Waals surface area contributed by atoms with Gasteiger partial charge in [0.2, 0.25) is 4.34 Å². The minimum Gasteiger partial charge on any atom is -0.385 e. The van der Waals surface area contributed by atoms with Crippen LogP contribution in [0, 0.1) is 0 Å². The van der Waals surface area contributed by atoms with Gasteiger partial charge in [0.25, 0.3) is 0 Å². The number of aliphatic hydroxyl groups is 1. The quantitative estimate of drug-likeness (QED) is 0.681. The van der Waals surface area contributed by atoms with Gasteiger partial charge in [-0.05, 0) is 63.0 Å². The fourth-order valence-corrected chi connectivity index (χ4v) is 6.00. The van der Waals surface area contributed by atoms with E-state index in [4.69, 9.17) is 10.1 Å². The number of fused-ring (bicyclic) bond motifs is 2. The lowest BCUT2D eigenvalue weighted by Gasteiger charge is -2.15. The van der Waals surface area contributed by atoms with Gasteiger partial charge < -0.3 is 10.4 Å². The maximum absolute atomic E-state index is 12.9. The largest absolute Gasteiger partial charge is 0.385 e. The molecule has 0 saturated heterocycles. The van der Waals surface area contributed by atoms with Gasteiger partial charge in [0, 0.05) is 17.6 Å². The fraction of sp³-hybridized carbons (Fsp3) is 0.526. The van der Waals surface area contributed by atoms with E-state index in [1.807, 2.05) is 0 Å². The molecule has 29 heavy (non-hydrogen) atoms. The average molecular weight is 436 g/mol. The summed E-state index contributed by atoms with van der Waals surface area (Å²) in [5.74, 6) is 0.359. The molecule has 0 unspecified atom stereocenters. The van der Waals surface area contributed by atoms with Gasteiger partial charge >= 0.3 is 6.03 Å².